The minimum Gasteiger partial charge on any atom is -0.481 e. The molecule has 5 heterocycles. The summed E-state index contributed by atoms with van der Waals surface area (Å²) in [4.78, 5) is 120. The van der Waals surface area contributed by atoms with Crippen LogP contribution in [0, 0.1) is 0 Å². The van der Waals surface area contributed by atoms with Crippen LogP contribution in [0.3, 0.4) is 0 Å². The van der Waals surface area contributed by atoms with Gasteiger partial charge in [0, 0.05) is 69.0 Å². The molecule has 3 atom stereocenters. The molecule has 11 N–H and O–H groups in total. The molecule has 0 radical (unpaired) electrons. The van der Waals surface area contributed by atoms with Crippen LogP contribution in [0.15, 0.2) is 91.0 Å². The second kappa shape index (κ2) is 24.7. The summed E-state index contributed by atoms with van der Waals surface area (Å²) in [6.45, 7) is 0.839. The Kier molecular flexibility index (Phi) is 18.1. The third-order valence-electron chi connectivity index (χ3n) is 11.9. The maximum atomic E-state index is 12.5. The molecule has 2 aromatic heterocycles. The number of esters is 2. The lowest BCUT2D eigenvalue weighted by Gasteiger charge is -2.19. The number of nitrogens with two attached hydrogens (primary N) is 2. The molecule has 3 unspecified atom stereocenters. The zero-order chi connectivity index (χ0) is 55.4. The van der Waals surface area contributed by atoms with Gasteiger partial charge in [-0.15, -0.1) is 0 Å². The second-order valence-electron chi connectivity index (χ2n) is 17.6. The number of methoxy groups -OCH3 is 2. The second-order valence-corrected chi connectivity index (χ2v) is 17.6. The van der Waals surface area contributed by atoms with Crippen LogP contribution in [-0.2, 0) is 57.9 Å². The smallest absolute Gasteiger partial charge is 0.335 e. The number of fused-ring (bicyclic) bond motifs is 3. The molecule has 25 nitrogen and oxygen atoms in total. The number of hydrogen-bond donors (Lipinski definition) is 9. The Bertz CT molecular complexity index is 3080. The summed E-state index contributed by atoms with van der Waals surface area (Å²) < 4.78 is 9.25. The molecule has 5 aromatic rings. The van der Waals surface area contributed by atoms with Crippen molar-refractivity contribution in [3.05, 3.63) is 124 Å². The summed E-state index contributed by atoms with van der Waals surface area (Å²) in [5.74, 6) is -3.26. The summed E-state index contributed by atoms with van der Waals surface area (Å²) in [6.07, 6.45) is -0.492. The monoisotopic (exact) mass is 1040 g/mol. The maximum Gasteiger partial charge on any atom is 0.335 e. The number of hydrogen-bond acceptors (Lipinski definition) is 18. The first-order valence-electron chi connectivity index (χ1n) is 23.2. The Morgan fingerprint density at radius 2 is 0.895 bits per heavy atom. The fraction of sp³-hybridized carbons (Fsp3) is 0.275. The molecule has 3 aliphatic heterocycles. The predicted octanol–water partition coefficient (Wildman–Crippen LogP) is 3.08. The van der Waals surface area contributed by atoms with E-state index in [-0.39, 0.29) is 67.5 Å². The summed E-state index contributed by atoms with van der Waals surface area (Å²) in [5, 5.41) is 32.4. The fourth-order valence-corrected chi connectivity index (χ4v) is 8.07. The number of rotatable bonds is 11. The molecule has 0 spiro atoms. The molecular weight excluding hydrogens is 989 g/mol. The van der Waals surface area contributed by atoms with Crippen molar-refractivity contribution in [3.63, 3.8) is 0 Å². The van der Waals surface area contributed by atoms with Crippen molar-refractivity contribution >= 4 is 93.7 Å². The van der Waals surface area contributed by atoms with Gasteiger partial charge in [0.1, 0.15) is 41.4 Å². The van der Waals surface area contributed by atoms with Crippen LogP contribution < -0.4 is 38.1 Å². The highest BCUT2D eigenvalue weighted by Crippen LogP contribution is 2.28. The first-order chi connectivity index (χ1) is 36.1. The third kappa shape index (κ3) is 14.4. The van der Waals surface area contributed by atoms with E-state index in [1.165, 1.54) is 41.1 Å². The van der Waals surface area contributed by atoms with Gasteiger partial charge in [0.2, 0.25) is 17.7 Å². The minimum absolute atomic E-state index is 0.0809. The van der Waals surface area contributed by atoms with E-state index in [4.69, 9.17) is 21.7 Å². The highest BCUT2D eigenvalue weighted by Gasteiger charge is 2.32. The Labute approximate surface area is 434 Å². The number of carboxylic acids is 2. The SMILES string of the molecule is CN1Cc2cc(C(=O)Nc3cccc(N)n3)ccc2NC(CC(=O)O)C1=O.COC(=O)CC1Nc2ccc(C(=O)Nc3cccc(N)n3)cc2CN(C)C1=O.COC(=O)CC1Nc2ccc(C(=O)O)cc2CN(C)C1=O. The number of aromatic carboxylic acids is 1. The first kappa shape index (κ1) is 55.5. The Balaban J connectivity index is 0.000000187. The predicted molar refractivity (Wildman–Crippen MR) is 277 cm³/mol. The van der Waals surface area contributed by atoms with Crippen molar-refractivity contribution in [2.45, 2.75) is 57.0 Å². The molecule has 0 bridgehead atoms. The molecule has 3 aromatic carbocycles. The summed E-state index contributed by atoms with van der Waals surface area (Å²) in [7, 11) is 7.39. The lowest BCUT2D eigenvalue weighted by atomic mass is 10.1. The lowest BCUT2D eigenvalue weighted by molar-refractivity contribution is -0.144. The molecule has 0 aliphatic carbocycles. The Morgan fingerprint density at radius 3 is 1.22 bits per heavy atom. The van der Waals surface area contributed by atoms with E-state index in [0.29, 0.717) is 69.1 Å². The molecule has 0 saturated carbocycles. The number of aliphatic carboxylic acids is 1. The number of nitrogens with one attached hydrogen (secondary N) is 5. The van der Waals surface area contributed by atoms with E-state index < -0.39 is 42.0 Å². The number of pyridine rings is 2. The van der Waals surface area contributed by atoms with Crippen LogP contribution in [0.25, 0.3) is 0 Å². The van der Waals surface area contributed by atoms with E-state index in [1.54, 1.807) is 100 Å². The van der Waals surface area contributed by atoms with Crippen molar-refractivity contribution in [3.8, 4) is 0 Å². The number of benzene rings is 3. The Morgan fingerprint density at radius 1 is 0.553 bits per heavy atom. The highest BCUT2D eigenvalue weighted by molar-refractivity contribution is 6.05. The van der Waals surface area contributed by atoms with Crippen LogP contribution in [0.1, 0.15) is 67.0 Å². The van der Waals surface area contributed by atoms with Gasteiger partial charge in [0.25, 0.3) is 11.8 Å². The summed E-state index contributed by atoms with van der Waals surface area (Å²) in [5.41, 5.74) is 16.3. The summed E-state index contributed by atoms with van der Waals surface area (Å²) in [6, 6.07) is 22.2. The van der Waals surface area contributed by atoms with Crippen LogP contribution in [0.2, 0.25) is 0 Å². The zero-order valence-corrected chi connectivity index (χ0v) is 41.9. The molecule has 5 amide bonds. The van der Waals surface area contributed by atoms with Crippen LogP contribution in [0.5, 0.6) is 0 Å². The van der Waals surface area contributed by atoms with Crippen LogP contribution in [-0.4, -0.2) is 142 Å². The van der Waals surface area contributed by atoms with Gasteiger partial charge < -0.3 is 72.4 Å². The highest BCUT2D eigenvalue weighted by atomic mass is 16.5. The number of nitrogen functional groups attached to an aromatic ring is 2. The number of carboxylic acid groups (broad SMARTS) is 2. The molecule has 398 valence electrons. The number of amides is 5. The molecule has 0 saturated heterocycles. The molecule has 25 heteroatoms. The van der Waals surface area contributed by atoms with E-state index in [0.717, 1.165) is 5.56 Å². The van der Waals surface area contributed by atoms with Crippen molar-refractivity contribution in [2.75, 3.05) is 73.4 Å². The van der Waals surface area contributed by atoms with Gasteiger partial charge in [-0.3, -0.25) is 38.4 Å². The van der Waals surface area contributed by atoms with Crippen molar-refractivity contribution in [1.29, 1.82) is 0 Å². The van der Waals surface area contributed by atoms with Gasteiger partial charge in [0.05, 0.1) is 39.0 Å². The molecule has 3 aliphatic rings. The quantitative estimate of drug-likeness (QED) is 0.0858. The van der Waals surface area contributed by atoms with Crippen molar-refractivity contribution in [1.82, 2.24) is 24.7 Å². The van der Waals surface area contributed by atoms with E-state index in [1.807, 2.05) is 0 Å². The Hall–Kier alpha value is -9.81. The van der Waals surface area contributed by atoms with Crippen LogP contribution in [0.4, 0.5) is 40.3 Å². The average Bonchev–Trinajstić information content (AvgIpc) is 3.64. The van der Waals surface area contributed by atoms with E-state index >= 15 is 0 Å². The van der Waals surface area contributed by atoms with Gasteiger partial charge in [-0.1, -0.05) is 12.1 Å². The van der Waals surface area contributed by atoms with Crippen molar-refractivity contribution in [2.24, 2.45) is 0 Å². The molecular formula is C51H56N12O13. The zero-order valence-electron chi connectivity index (χ0n) is 41.9. The lowest BCUT2D eigenvalue weighted by Crippen LogP contribution is -2.39. The van der Waals surface area contributed by atoms with E-state index in [9.17, 15) is 43.2 Å². The number of carbonyl (C=O) groups is 9. The third-order valence-corrected chi connectivity index (χ3v) is 11.9. The van der Waals surface area contributed by atoms with Gasteiger partial charge in [-0.05, 0) is 95.6 Å². The van der Waals surface area contributed by atoms with Crippen LogP contribution >= 0.6 is 0 Å². The van der Waals surface area contributed by atoms with Gasteiger partial charge in [-0.25, -0.2) is 14.8 Å². The average molecular weight is 1050 g/mol. The number of ether oxygens (including phenoxy) is 2. The number of likely N-dealkylation sites (N-methyl/N-ethyl adjacent to an activating group) is 3. The van der Waals surface area contributed by atoms with Crippen molar-refractivity contribution < 1.29 is 62.8 Å². The normalized spacial score (nSPS) is 16.4. The summed E-state index contributed by atoms with van der Waals surface area (Å²) >= 11 is 0. The number of anilines is 7. The number of aromatic nitrogens is 2. The van der Waals surface area contributed by atoms with E-state index in [2.05, 4.69) is 46.0 Å². The fourth-order valence-electron chi connectivity index (χ4n) is 8.07. The largest absolute Gasteiger partial charge is 0.481 e. The molecule has 76 heavy (non-hydrogen) atoms. The molecule has 8 rings (SSSR count). The first-order valence-corrected chi connectivity index (χ1v) is 23.2. The van der Waals surface area contributed by atoms with Gasteiger partial charge >= 0.3 is 23.9 Å². The number of nitrogens with zero attached hydrogens (tertiary/aromatic N) is 5. The van der Waals surface area contributed by atoms with Gasteiger partial charge in [0.15, 0.2) is 0 Å². The molecule has 0 fully saturated rings. The number of carbonyl (C=O) groups excluding carboxylic acids is 7. The maximum absolute atomic E-state index is 12.5. The topological polar surface area (TPSA) is 360 Å². The van der Waals surface area contributed by atoms with Gasteiger partial charge in [-0.2, -0.15) is 0 Å². The standard InChI is InChI=1S/C19H21N5O4.C18H19N5O4.C14H16N2O5/c1-24-10-12-8-11(18(26)23-16-5-3-4-15(20)22-16)6-7-13(12)21-14(19(24)27)9-17(25)28-2;1-23-9-11-7-10(17(26)22-15-4-2-3-14(19)21-15)5-6-12(11)20-13(18(23)27)8-16(24)25;1-16-7-9-5-8(14(19)20)3-4-10(9)15-11(13(16)18)6-12(17)21-2/h3-8,14,21H,9-10H2,1-2H3,(H3,20,22,23,26);2-7,13,20H,8-9H2,1H3,(H,24,25)(H3,19,21,22,26);3-5,11,15H,6-7H2,1-2H3,(H,19,20). The minimum atomic E-state index is -1.07.